The molecule has 1 aliphatic carbocycles. The number of methoxy groups -OCH3 is 2. The predicted octanol–water partition coefficient (Wildman–Crippen LogP) is 1.80. The van der Waals surface area contributed by atoms with Crippen LogP contribution in [0.1, 0.15) is 6.42 Å². The number of ether oxygens (including phenoxy) is 2. The van der Waals surface area contributed by atoms with E-state index in [4.69, 9.17) is 32.7 Å². The molecule has 10 heavy (non-hydrogen) atoms. The summed E-state index contributed by atoms with van der Waals surface area (Å²) < 4.78 is 9.32. The molecule has 1 rings (SSSR count). The van der Waals surface area contributed by atoms with E-state index in [1.165, 1.54) is 0 Å². The van der Waals surface area contributed by atoms with Gasteiger partial charge in [-0.2, -0.15) is 0 Å². The molecule has 0 heterocycles. The number of hydrogen-bond acceptors (Lipinski definition) is 2. The normalized spacial score (nSPS) is 29.1. The van der Waals surface area contributed by atoms with Crippen molar-refractivity contribution in [2.45, 2.75) is 17.0 Å². The van der Waals surface area contributed by atoms with Crippen molar-refractivity contribution in [2.75, 3.05) is 14.2 Å². The summed E-state index contributed by atoms with van der Waals surface area (Å²) in [6, 6.07) is 0. The van der Waals surface area contributed by atoms with Gasteiger partial charge in [-0.05, 0) is 6.42 Å². The molecule has 0 radical (unpaired) electrons. The summed E-state index contributed by atoms with van der Waals surface area (Å²) in [5, 5.41) is 0. The van der Waals surface area contributed by atoms with Gasteiger partial charge in [-0.1, -0.05) is 0 Å². The summed E-state index contributed by atoms with van der Waals surface area (Å²) in [6.07, 6.45) is 0.498. The largest absolute Gasteiger partial charge is 0.356 e. The Kier molecular flexibility index (Phi) is 2.46. The van der Waals surface area contributed by atoms with E-state index in [1.54, 1.807) is 14.2 Å². The van der Waals surface area contributed by atoms with Gasteiger partial charge in [0.1, 0.15) is 4.33 Å². The first-order valence-corrected chi connectivity index (χ1v) is 3.81. The second-order valence-electron chi connectivity index (χ2n) is 2.41. The second-order valence-corrected chi connectivity index (χ2v) is 3.95. The average Bonchev–Trinajstić information content (AvgIpc) is 2.44. The van der Waals surface area contributed by atoms with Gasteiger partial charge in [0.25, 0.3) is 0 Å². The van der Waals surface area contributed by atoms with Crippen molar-refractivity contribution in [1.82, 2.24) is 0 Å². The highest BCUT2D eigenvalue weighted by Crippen LogP contribution is 2.55. The minimum Gasteiger partial charge on any atom is -0.356 e. The highest BCUT2D eigenvalue weighted by molar-refractivity contribution is 6.50. The molecule has 1 fully saturated rings. The molecule has 4 heteroatoms. The molecule has 1 atom stereocenters. The Bertz CT molecular complexity index is 123. The van der Waals surface area contributed by atoms with E-state index in [0.717, 1.165) is 6.42 Å². The van der Waals surface area contributed by atoms with Crippen molar-refractivity contribution in [3.8, 4) is 0 Å². The van der Waals surface area contributed by atoms with Gasteiger partial charge in [-0.3, -0.25) is 0 Å². The van der Waals surface area contributed by atoms with Gasteiger partial charge in [0.2, 0.25) is 0 Å². The molecular formula is C6H10Cl2O2. The van der Waals surface area contributed by atoms with Crippen molar-refractivity contribution in [3.05, 3.63) is 0 Å². The highest BCUT2D eigenvalue weighted by Gasteiger charge is 2.56. The Morgan fingerprint density at radius 1 is 1.40 bits per heavy atom. The first-order valence-electron chi connectivity index (χ1n) is 3.05. The van der Waals surface area contributed by atoms with E-state index in [9.17, 15) is 0 Å². The summed E-state index contributed by atoms with van der Waals surface area (Å²) in [5.41, 5.74) is 0. The molecule has 2 nitrogen and oxygen atoms in total. The van der Waals surface area contributed by atoms with Crippen LogP contribution in [0.2, 0.25) is 0 Å². The lowest BCUT2D eigenvalue weighted by Crippen LogP contribution is -2.18. The summed E-state index contributed by atoms with van der Waals surface area (Å²) in [4.78, 5) is 0. The van der Waals surface area contributed by atoms with Crippen molar-refractivity contribution < 1.29 is 9.47 Å². The van der Waals surface area contributed by atoms with Gasteiger partial charge in [0, 0.05) is 20.1 Å². The maximum Gasteiger partial charge on any atom is 0.162 e. The molecule has 1 saturated carbocycles. The zero-order valence-corrected chi connectivity index (χ0v) is 7.45. The Morgan fingerprint density at radius 3 is 1.90 bits per heavy atom. The fourth-order valence-electron chi connectivity index (χ4n) is 0.954. The molecule has 0 spiro atoms. The molecule has 0 aromatic heterocycles. The minimum atomic E-state index is -0.614. The first-order chi connectivity index (χ1) is 4.61. The molecule has 0 aromatic carbocycles. The SMILES string of the molecule is COC(OC)C1CC1(Cl)Cl. The van der Waals surface area contributed by atoms with Crippen LogP contribution in [-0.4, -0.2) is 24.8 Å². The van der Waals surface area contributed by atoms with E-state index in [2.05, 4.69) is 0 Å². The molecule has 0 saturated heterocycles. The Morgan fingerprint density at radius 2 is 1.80 bits per heavy atom. The van der Waals surface area contributed by atoms with Crippen molar-refractivity contribution >= 4 is 23.2 Å². The van der Waals surface area contributed by atoms with Gasteiger partial charge in [-0.15, -0.1) is 23.2 Å². The maximum absolute atomic E-state index is 5.76. The zero-order chi connectivity index (χ0) is 7.78. The number of rotatable bonds is 3. The zero-order valence-electron chi connectivity index (χ0n) is 5.93. The number of halogens is 2. The van der Waals surface area contributed by atoms with E-state index in [0.29, 0.717) is 0 Å². The van der Waals surface area contributed by atoms with Gasteiger partial charge in [0.05, 0.1) is 0 Å². The van der Waals surface area contributed by atoms with Crippen LogP contribution >= 0.6 is 23.2 Å². The molecule has 0 aliphatic heterocycles. The fourth-order valence-corrected chi connectivity index (χ4v) is 1.49. The van der Waals surface area contributed by atoms with Crippen LogP contribution in [0, 0.1) is 5.92 Å². The molecule has 0 aromatic rings. The first kappa shape index (κ1) is 8.60. The summed E-state index contributed by atoms with van der Waals surface area (Å²) in [6.45, 7) is 0. The topological polar surface area (TPSA) is 18.5 Å². The Hall–Kier alpha value is 0.500. The molecule has 1 aliphatic rings. The second kappa shape index (κ2) is 2.86. The van der Waals surface area contributed by atoms with Crippen LogP contribution in [0.5, 0.6) is 0 Å². The van der Waals surface area contributed by atoms with E-state index < -0.39 is 4.33 Å². The van der Waals surface area contributed by atoms with Crippen LogP contribution < -0.4 is 0 Å². The fraction of sp³-hybridized carbons (Fsp3) is 1.00. The van der Waals surface area contributed by atoms with Gasteiger partial charge >= 0.3 is 0 Å². The molecule has 60 valence electrons. The number of alkyl halides is 2. The molecule has 0 bridgehead atoms. The quantitative estimate of drug-likeness (QED) is 0.493. The molecule has 0 amide bonds. The smallest absolute Gasteiger partial charge is 0.162 e. The van der Waals surface area contributed by atoms with Crippen LogP contribution in [0.25, 0.3) is 0 Å². The van der Waals surface area contributed by atoms with Crippen LogP contribution in [0.15, 0.2) is 0 Å². The third kappa shape index (κ3) is 1.56. The van der Waals surface area contributed by atoms with Gasteiger partial charge < -0.3 is 9.47 Å². The van der Waals surface area contributed by atoms with Crippen molar-refractivity contribution in [3.63, 3.8) is 0 Å². The van der Waals surface area contributed by atoms with Crippen LogP contribution in [0.4, 0.5) is 0 Å². The van der Waals surface area contributed by atoms with Gasteiger partial charge in [-0.25, -0.2) is 0 Å². The average molecular weight is 185 g/mol. The summed E-state index contributed by atoms with van der Waals surface area (Å²) in [7, 11) is 3.16. The van der Waals surface area contributed by atoms with E-state index in [1.807, 2.05) is 0 Å². The number of hydrogen-bond donors (Lipinski definition) is 0. The van der Waals surface area contributed by atoms with E-state index in [-0.39, 0.29) is 12.2 Å². The standard InChI is InChI=1S/C6H10Cl2O2/c1-9-5(10-2)4-3-6(4,7)8/h4-5H,3H2,1-2H3. The molecule has 0 N–H and O–H groups in total. The summed E-state index contributed by atoms with van der Waals surface area (Å²) in [5.74, 6) is 0.130. The lowest BCUT2D eigenvalue weighted by molar-refractivity contribution is -0.116. The van der Waals surface area contributed by atoms with E-state index >= 15 is 0 Å². The maximum atomic E-state index is 5.76. The third-order valence-electron chi connectivity index (χ3n) is 1.67. The summed E-state index contributed by atoms with van der Waals surface area (Å²) >= 11 is 11.5. The lowest BCUT2D eigenvalue weighted by atomic mass is 10.4. The third-order valence-corrected chi connectivity index (χ3v) is 2.54. The van der Waals surface area contributed by atoms with Crippen molar-refractivity contribution in [1.29, 1.82) is 0 Å². The minimum absolute atomic E-state index is 0.130. The van der Waals surface area contributed by atoms with Crippen LogP contribution in [-0.2, 0) is 9.47 Å². The van der Waals surface area contributed by atoms with Gasteiger partial charge in [0.15, 0.2) is 6.29 Å². The molecule has 1 unspecified atom stereocenters. The highest BCUT2D eigenvalue weighted by atomic mass is 35.5. The Labute approximate surface area is 70.4 Å². The van der Waals surface area contributed by atoms with Crippen molar-refractivity contribution in [2.24, 2.45) is 5.92 Å². The Balaban J connectivity index is 2.36. The molecular weight excluding hydrogens is 175 g/mol. The monoisotopic (exact) mass is 184 g/mol. The predicted molar refractivity (Wildman–Crippen MR) is 40.4 cm³/mol. The lowest BCUT2D eigenvalue weighted by Gasteiger charge is -2.12. The van der Waals surface area contributed by atoms with Crippen LogP contribution in [0.3, 0.4) is 0 Å².